The van der Waals surface area contributed by atoms with E-state index in [0.29, 0.717) is 0 Å². The number of hydrogen-bond acceptors (Lipinski definition) is 3. The van der Waals surface area contributed by atoms with E-state index in [1.807, 2.05) is 41.3 Å². The van der Waals surface area contributed by atoms with Crippen LogP contribution in [-0.4, -0.2) is 36.0 Å². The van der Waals surface area contributed by atoms with Gasteiger partial charge in [-0.1, -0.05) is 49.4 Å². The fraction of sp³-hybridized carbons (Fsp3) is 0.280. The molecule has 1 unspecified atom stereocenters. The molecule has 3 aromatic rings. The van der Waals surface area contributed by atoms with Crippen LogP contribution < -0.4 is 4.74 Å². The minimum Gasteiger partial charge on any atom is -0.494 e. The van der Waals surface area contributed by atoms with Gasteiger partial charge in [0.25, 0.3) is 5.91 Å². The minimum absolute atomic E-state index is 0.000481. The summed E-state index contributed by atoms with van der Waals surface area (Å²) in [6.07, 6.45) is 5.56. The molecule has 29 heavy (non-hydrogen) atoms. The zero-order chi connectivity index (χ0) is 20.3. The third-order valence-corrected chi connectivity index (χ3v) is 5.90. The molecule has 0 aliphatic carbocycles. The molecule has 1 aliphatic rings. The fourth-order valence-corrected chi connectivity index (χ4v) is 4.24. The van der Waals surface area contributed by atoms with Gasteiger partial charge in [0.1, 0.15) is 5.75 Å². The van der Waals surface area contributed by atoms with Crippen LogP contribution in [0.4, 0.5) is 0 Å². The van der Waals surface area contributed by atoms with Crippen LogP contribution in [-0.2, 0) is 5.41 Å². The van der Waals surface area contributed by atoms with Gasteiger partial charge in [0.2, 0.25) is 0 Å². The van der Waals surface area contributed by atoms with Crippen molar-refractivity contribution < 1.29 is 9.53 Å². The molecule has 2 heterocycles. The van der Waals surface area contributed by atoms with Gasteiger partial charge in [0.05, 0.1) is 13.3 Å². The maximum absolute atomic E-state index is 13.2. The van der Waals surface area contributed by atoms with Crippen LogP contribution in [0.3, 0.4) is 0 Å². The number of ether oxygens (including phenoxy) is 1. The molecule has 1 aromatic heterocycles. The number of pyridine rings is 1. The normalized spacial score (nSPS) is 19.0. The van der Waals surface area contributed by atoms with Gasteiger partial charge in [-0.05, 0) is 42.2 Å². The Balaban J connectivity index is 1.54. The SMILES string of the molecule is COc1cnccc1-c1ccc(C(=O)N2CCCC(C)(c3ccccc3)C2)cc1. The number of nitrogens with zero attached hydrogens (tertiary/aromatic N) is 2. The molecule has 4 heteroatoms. The van der Waals surface area contributed by atoms with Crippen LogP contribution in [0.2, 0.25) is 0 Å². The highest BCUT2D eigenvalue weighted by molar-refractivity contribution is 5.95. The molecular formula is C25H26N2O2. The number of hydrogen-bond donors (Lipinski definition) is 0. The van der Waals surface area contributed by atoms with Gasteiger partial charge in [-0.25, -0.2) is 0 Å². The van der Waals surface area contributed by atoms with Gasteiger partial charge >= 0.3 is 0 Å². The molecule has 0 N–H and O–H groups in total. The van der Waals surface area contributed by atoms with Gasteiger partial charge in [0.15, 0.2) is 0 Å². The average Bonchev–Trinajstić information content (AvgIpc) is 2.79. The van der Waals surface area contributed by atoms with Crippen molar-refractivity contribution in [2.75, 3.05) is 20.2 Å². The highest BCUT2D eigenvalue weighted by atomic mass is 16.5. The maximum Gasteiger partial charge on any atom is 0.253 e. The lowest BCUT2D eigenvalue weighted by molar-refractivity contribution is 0.0651. The molecule has 4 rings (SSSR count). The number of rotatable bonds is 4. The molecule has 4 nitrogen and oxygen atoms in total. The van der Waals surface area contributed by atoms with Gasteiger partial charge in [-0.2, -0.15) is 0 Å². The summed E-state index contributed by atoms with van der Waals surface area (Å²) in [4.78, 5) is 19.3. The van der Waals surface area contributed by atoms with Crippen molar-refractivity contribution in [1.82, 2.24) is 9.88 Å². The summed E-state index contributed by atoms with van der Waals surface area (Å²) >= 11 is 0. The molecule has 0 saturated carbocycles. The van der Waals surface area contributed by atoms with Crippen molar-refractivity contribution in [2.24, 2.45) is 0 Å². The zero-order valence-electron chi connectivity index (χ0n) is 17.0. The number of amides is 1. The monoisotopic (exact) mass is 386 g/mol. The van der Waals surface area contributed by atoms with E-state index in [2.05, 4.69) is 36.2 Å². The summed E-state index contributed by atoms with van der Waals surface area (Å²) in [5.74, 6) is 0.821. The number of likely N-dealkylation sites (tertiary alicyclic amines) is 1. The van der Waals surface area contributed by atoms with Crippen LogP contribution in [0, 0.1) is 0 Å². The molecule has 1 saturated heterocycles. The van der Waals surface area contributed by atoms with E-state index in [4.69, 9.17) is 4.74 Å². The summed E-state index contributed by atoms with van der Waals surface area (Å²) in [7, 11) is 1.64. The maximum atomic E-state index is 13.2. The molecule has 1 amide bonds. The number of methoxy groups -OCH3 is 1. The van der Waals surface area contributed by atoms with Gasteiger partial charge < -0.3 is 9.64 Å². The first-order valence-electron chi connectivity index (χ1n) is 10.0. The van der Waals surface area contributed by atoms with Crippen molar-refractivity contribution in [2.45, 2.75) is 25.2 Å². The second-order valence-electron chi connectivity index (χ2n) is 7.91. The van der Waals surface area contributed by atoms with Crippen molar-refractivity contribution in [3.05, 3.63) is 84.2 Å². The van der Waals surface area contributed by atoms with Crippen LogP contribution in [0.15, 0.2) is 73.1 Å². The van der Waals surface area contributed by atoms with E-state index in [9.17, 15) is 4.79 Å². The second-order valence-corrected chi connectivity index (χ2v) is 7.91. The Morgan fingerprint density at radius 2 is 1.83 bits per heavy atom. The zero-order valence-corrected chi connectivity index (χ0v) is 17.0. The summed E-state index contributed by atoms with van der Waals surface area (Å²) in [5, 5.41) is 0. The predicted molar refractivity (Wildman–Crippen MR) is 115 cm³/mol. The summed E-state index contributed by atoms with van der Waals surface area (Å²) in [6.45, 7) is 3.82. The Morgan fingerprint density at radius 3 is 2.55 bits per heavy atom. The Bertz CT molecular complexity index is 985. The quantitative estimate of drug-likeness (QED) is 0.637. The molecular weight excluding hydrogens is 360 g/mol. The third-order valence-electron chi connectivity index (χ3n) is 5.90. The lowest BCUT2D eigenvalue weighted by Gasteiger charge is -2.41. The number of carbonyl (C=O) groups excluding carboxylic acids is 1. The largest absolute Gasteiger partial charge is 0.494 e. The van der Waals surface area contributed by atoms with Gasteiger partial charge in [-0.3, -0.25) is 9.78 Å². The summed E-state index contributed by atoms with van der Waals surface area (Å²) in [5.41, 5.74) is 4.00. The Kier molecular flexibility index (Phi) is 5.34. The van der Waals surface area contributed by atoms with E-state index in [1.165, 1.54) is 5.56 Å². The average molecular weight is 386 g/mol. The second kappa shape index (κ2) is 8.08. The van der Waals surface area contributed by atoms with Crippen LogP contribution in [0.25, 0.3) is 11.1 Å². The fourth-order valence-electron chi connectivity index (χ4n) is 4.24. The first-order chi connectivity index (χ1) is 14.1. The van der Waals surface area contributed by atoms with E-state index >= 15 is 0 Å². The Labute approximate surface area is 172 Å². The molecule has 2 aromatic carbocycles. The third kappa shape index (κ3) is 3.88. The first-order valence-corrected chi connectivity index (χ1v) is 10.0. The lowest BCUT2D eigenvalue weighted by Crippen LogP contribution is -2.47. The van der Waals surface area contributed by atoms with Crippen molar-refractivity contribution in [1.29, 1.82) is 0 Å². The number of carbonyl (C=O) groups is 1. The van der Waals surface area contributed by atoms with Crippen molar-refractivity contribution in [3.8, 4) is 16.9 Å². The number of benzene rings is 2. The highest BCUT2D eigenvalue weighted by Gasteiger charge is 2.34. The number of aromatic nitrogens is 1. The Morgan fingerprint density at radius 1 is 1.07 bits per heavy atom. The standard InChI is InChI=1S/C25H26N2O2/c1-25(21-7-4-3-5-8-21)14-6-16-27(18-25)24(28)20-11-9-19(10-12-20)22-13-15-26-17-23(22)29-2/h3-5,7-13,15,17H,6,14,16,18H2,1-2H3. The van der Waals surface area contributed by atoms with Crippen LogP contribution >= 0.6 is 0 Å². The Hall–Kier alpha value is -3.14. The highest BCUT2D eigenvalue weighted by Crippen LogP contribution is 2.34. The van der Waals surface area contributed by atoms with Crippen molar-refractivity contribution >= 4 is 5.91 Å². The van der Waals surface area contributed by atoms with E-state index in [1.54, 1.807) is 19.5 Å². The van der Waals surface area contributed by atoms with E-state index < -0.39 is 0 Å². The van der Waals surface area contributed by atoms with Crippen LogP contribution in [0.1, 0.15) is 35.7 Å². The van der Waals surface area contributed by atoms with Gasteiger partial charge in [0, 0.05) is 35.8 Å². The predicted octanol–water partition coefficient (Wildman–Crippen LogP) is 4.95. The molecule has 1 fully saturated rings. The van der Waals surface area contributed by atoms with Crippen molar-refractivity contribution in [3.63, 3.8) is 0 Å². The number of piperidine rings is 1. The molecule has 1 aliphatic heterocycles. The van der Waals surface area contributed by atoms with E-state index in [0.717, 1.165) is 48.4 Å². The molecule has 0 spiro atoms. The summed E-state index contributed by atoms with van der Waals surface area (Å²) in [6, 6.07) is 20.2. The molecule has 148 valence electrons. The smallest absolute Gasteiger partial charge is 0.253 e. The molecule has 1 atom stereocenters. The first kappa shape index (κ1) is 19.2. The molecule has 0 radical (unpaired) electrons. The van der Waals surface area contributed by atoms with E-state index in [-0.39, 0.29) is 11.3 Å². The minimum atomic E-state index is -0.000481. The van der Waals surface area contributed by atoms with Gasteiger partial charge in [-0.15, -0.1) is 0 Å². The summed E-state index contributed by atoms with van der Waals surface area (Å²) < 4.78 is 5.40. The molecule has 0 bridgehead atoms. The lowest BCUT2D eigenvalue weighted by atomic mass is 9.76. The topological polar surface area (TPSA) is 42.4 Å². The van der Waals surface area contributed by atoms with Crippen LogP contribution in [0.5, 0.6) is 5.75 Å².